The van der Waals surface area contributed by atoms with Crippen LogP contribution in [0.4, 0.5) is 10.1 Å². The largest absolute Gasteiger partial charge is 0.490 e. The predicted molar refractivity (Wildman–Crippen MR) is 123 cm³/mol. The molecule has 7 heteroatoms. The maximum Gasteiger partial charge on any atom is 0.354 e. The van der Waals surface area contributed by atoms with E-state index < -0.39 is 5.97 Å². The van der Waals surface area contributed by atoms with Gasteiger partial charge in [0.2, 0.25) is 0 Å². The highest BCUT2D eigenvalue weighted by molar-refractivity contribution is 5.91. The molecule has 0 fully saturated rings. The fourth-order valence-corrected chi connectivity index (χ4v) is 3.00. The molecule has 0 atom stereocenters. The number of halogens is 1. The Morgan fingerprint density at radius 3 is 2.75 bits per heavy atom. The van der Waals surface area contributed by atoms with E-state index in [2.05, 4.69) is 22.2 Å². The molecule has 3 rings (SSSR count). The molecule has 6 nitrogen and oxygen atoms in total. The van der Waals surface area contributed by atoms with E-state index in [1.807, 2.05) is 30.3 Å². The number of pyridine rings is 1. The number of nitrogens with zero attached hydrogens (tertiary/aromatic N) is 1. The molecule has 0 spiro atoms. The SMILES string of the molecule is C=C(Nc1ccccc1OCCNCc1cncc(-c2cccc(F)c2)c1)C(=O)OCC. The highest BCUT2D eigenvalue weighted by atomic mass is 19.1. The summed E-state index contributed by atoms with van der Waals surface area (Å²) in [5, 5.41) is 6.24. The van der Waals surface area contributed by atoms with Gasteiger partial charge in [-0.2, -0.15) is 0 Å². The molecule has 0 amide bonds. The zero-order chi connectivity index (χ0) is 22.8. The summed E-state index contributed by atoms with van der Waals surface area (Å²) in [6, 6.07) is 15.7. The van der Waals surface area contributed by atoms with Crippen LogP contribution in [0.2, 0.25) is 0 Å². The lowest BCUT2D eigenvalue weighted by atomic mass is 10.1. The number of hydrogen-bond acceptors (Lipinski definition) is 6. The smallest absolute Gasteiger partial charge is 0.354 e. The van der Waals surface area contributed by atoms with Crippen LogP contribution in [0.3, 0.4) is 0 Å². The fourth-order valence-electron chi connectivity index (χ4n) is 3.00. The highest BCUT2D eigenvalue weighted by Crippen LogP contribution is 2.25. The van der Waals surface area contributed by atoms with Crippen LogP contribution in [0.1, 0.15) is 12.5 Å². The van der Waals surface area contributed by atoms with Crippen LogP contribution in [0, 0.1) is 5.82 Å². The number of anilines is 1. The highest BCUT2D eigenvalue weighted by Gasteiger charge is 2.11. The standard InChI is InChI=1S/C25H26FN3O3/c1-3-31-25(30)18(2)29-23-9-4-5-10-24(23)32-12-11-27-15-19-13-21(17-28-16-19)20-7-6-8-22(26)14-20/h4-10,13-14,16-17,27,29H,2-3,11-12,15H2,1H3. The number of esters is 1. The van der Waals surface area contributed by atoms with Crippen molar-refractivity contribution in [2.24, 2.45) is 0 Å². The topological polar surface area (TPSA) is 72.5 Å². The van der Waals surface area contributed by atoms with Crippen LogP contribution in [-0.2, 0) is 16.1 Å². The van der Waals surface area contributed by atoms with Gasteiger partial charge in [-0.15, -0.1) is 0 Å². The first-order valence-electron chi connectivity index (χ1n) is 10.3. The lowest BCUT2D eigenvalue weighted by molar-refractivity contribution is -0.138. The number of benzene rings is 2. The first-order valence-corrected chi connectivity index (χ1v) is 10.3. The number of carbonyl (C=O) groups is 1. The first-order chi connectivity index (χ1) is 15.6. The molecule has 0 aliphatic heterocycles. The Kier molecular flexibility index (Phi) is 8.34. The van der Waals surface area contributed by atoms with Gasteiger partial charge in [-0.3, -0.25) is 4.98 Å². The van der Waals surface area contributed by atoms with Crippen LogP contribution in [-0.4, -0.2) is 30.7 Å². The zero-order valence-corrected chi connectivity index (χ0v) is 17.9. The Labute approximate surface area is 187 Å². The van der Waals surface area contributed by atoms with Gasteiger partial charge in [0.25, 0.3) is 0 Å². The minimum atomic E-state index is -0.502. The molecular formula is C25H26FN3O3. The van der Waals surface area contributed by atoms with E-state index in [1.165, 1.54) is 12.1 Å². The Bertz CT molecular complexity index is 1070. The van der Waals surface area contributed by atoms with Crippen LogP contribution >= 0.6 is 0 Å². The molecule has 0 radical (unpaired) electrons. The number of carbonyl (C=O) groups excluding carboxylic acids is 1. The van der Waals surface area contributed by atoms with E-state index in [1.54, 1.807) is 31.5 Å². The van der Waals surface area contributed by atoms with Crippen molar-refractivity contribution in [1.29, 1.82) is 0 Å². The average molecular weight is 435 g/mol. The molecule has 0 unspecified atom stereocenters. The molecule has 1 heterocycles. The second-order valence-corrected chi connectivity index (χ2v) is 6.94. The summed E-state index contributed by atoms with van der Waals surface area (Å²) in [5.74, 6) is -0.170. The second kappa shape index (κ2) is 11.6. The van der Waals surface area contributed by atoms with Crippen LogP contribution in [0.25, 0.3) is 11.1 Å². The summed E-state index contributed by atoms with van der Waals surface area (Å²) < 4.78 is 24.3. The van der Waals surface area contributed by atoms with Crippen LogP contribution in [0.15, 0.2) is 79.3 Å². The van der Waals surface area contributed by atoms with Crippen LogP contribution in [0.5, 0.6) is 5.75 Å². The molecule has 0 saturated carbocycles. The molecule has 2 aromatic carbocycles. The van der Waals surface area contributed by atoms with E-state index in [-0.39, 0.29) is 18.1 Å². The third-order valence-electron chi connectivity index (χ3n) is 4.51. The molecule has 0 bridgehead atoms. The summed E-state index contributed by atoms with van der Waals surface area (Å²) in [6.45, 7) is 7.34. The van der Waals surface area contributed by atoms with E-state index in [0.717, 1.165) is 16.7 Å². The van der Waals surface area contributed by atoms with Gasteiger partial charge >= 0.3 is 5.97 Å². The molecule has 2 N–H and O–H groups in total. The molecule has 0 saturated heterocycles. The molecular weight excluding hydrogens is 409 g/mol. The number of rotatable bonds is 11. The molecule has 0 aliphatic carbocycles. The number of ether oxygens (including phenoxy) is 2. The summed E-state index contributed by atoms with van der Waals surface area (Å²) in [7, 11) is 0. The number of para-hydroxylation sites is 2. The van der Waals surface area contributed by atoms with Gasteiger partial charge < -0.3 is 20.1 Å². The monoisotopic (exact) mass is 435 g/mol. The van der Waals surface area contributed by atoms with Crippen molar-refractivity contribution in [3.8, 4) is 16.9 Å². The van der Waals surface area contributed by atoms with Gasteiger partial charge in [-0.25, -0.2) is 9.18 Å². The molecule has 32 heavy (non-hydrogen) atoms. The average Bonchev–Trinajstić information content (AvgIpc) is 2.80. The van der Waals surface area contributed by atoms with Gasteiger partial charge in [-0.1, -0.05) is 30.8 Å². The van der Waals surface area contributed by atoms with Crippen molar-refractivity contribution in [3.05, 3.63) is 90.6 Å². The minimum absolute atomic E-state index is 0.145. The first kappa shape index (κ1) is 23.0. The lowest BCUT2D eigenvalue weighted by Crippen LogP contribution is -2.21. The second-order valence-electron chi connectivity index (χ2n) is 6.94. The van der Waals surface area contributed by atoms with Crippen LogP contribution < -0.4 is 15.4 Å². The maximum absolute atomic E-state index is 13.5. The van der Waals surface area contributed by atoms with Gasteiger partial charge in [0, 0.05) is 31.0 Å². The zero-order valence-electron chi connectivity index (χ0n) is 17.9. The molecule has 0 aliphatic rings. The van der Waals surface area contributed by atoms with Gasteiger partial charge in [0.1, 0.15) is 23.9 Å². The number of nitrogens with one attached hydrogen (secondary N) is 2. The minimum Gasteiger partial charge on any atom is -0.490 e. The molecule has 3 aromatic rings. The lowest BCUT2D eigenvalue weighted by Gasteiger charge is -2.14. The van der Waals surface area contributed by atoms with Crippen molar-refractivity contribution in [1.82, 2.24) is 10.3 Å². The van der Waals surface area contributed by atoms with E-state index >= 15 is 0 Å². The number of hydrogen-bond donors (Lipinski definition) is 2. The quantitative estimate of drug-likeness (QED) is 0.262. The molecule has 1 aromatic heterocycles. The van der Waals surface area contributed by atoms with Crippen molar-refractivity contribution in [2.45, 2.75) is 13.5 Å². The summed E-state index contributed by atoms with van der Waals surface area (Å²) >= 11 is 0. The summed E-state index contributed by atoms with van der Waals surface area (Å²) in [5.41, 5.74) is 3.42. The van der Waals surface area contributed by atoms with Crippen molar-refractivity contribution < 1.29 is 18.7 Å². The summed E-state index contributed by atoms with van der Waals surface area (Å²) in [6.07, 6.45) is 3.49. The Balaban J connectivity index is 1.49. The normalized spacial score (nSPS) is 10.4. The third-order valence-corrected chi connectivity index (χ3v) is 4.51. The maximum atomic E-state index is 13.5. The van der Waals surface area contributed by atoms with E-state index in [0.29, 0.717) is 31.1 Å². The van der Waals surface area contributed by atoms with Gasteiger partial charge in [0.05, 0.1) is 12.3 Å². The Morgan fingerprint density at radius 1 is 1.09 bits per heavy atom. The third kappa shape index (κ3) is 6.65. The summed E-state index contributed by atoms with van der Waals surface area (Å²) in [4.78, 5) is 16.0. The van der Waals surface area contributed by atoms with Gasteiger partial charge in [0.15, 0.2) is 0 Å². The van der Waals surface area contributed by atoms with E-state index in [4.69, 9.17) is 9.47 Å². The molecule has 166 valence electrons. The fraction of sp³-hybridized carbons (Fsp3) is 0.200. The van der Waals surface area contributed by atoms with Crippen molar-refractivity contribution in [3.63, 3.8) is 0 Å². The predicted octanol–water partition coefficient (Wildman–Crippen LogP) is 4.55. The van der Waals surface area contributed by atoms with Crippen molar-refractivity contribution in [2.75, 3.05) is 25.1 Å². The van der Waals surface area contributed by atoms with E-state index in [9.17, 15) is 9.18 Å². The van der Waals surface area contributed by atoms with Gasteiger partial charge in [-0.05, 0) is 48.4 Å². The number of aromatic nitrogens is 1. The van der Waals surface area contributed by atoms with Crippen molar-refractivity contribution >= 4 is 11.7 Å². The Morgan fingerprint density at radius 2 is 1.94 bits per heavy atom. The Hall–Kier alpha value is -3.71.